The fourth-order valence-corrected chi connectivity index (χ4v) is 1.45. The average molecular weight is 180 g/mol. The Morgan fingerprint density at radius 1 is 1.77 bits per heavy atom. The van der Waals surface area contributed by atoms with E-state index in [0.29, 0.717) is 5.57 Å². The van der Waals surface area contributed by atoms with Crippen LogP contribution in [0.5, 0.6) is 0 Å². The van der Waals surface area contributed by atoms with Gasteiger partial charge in [-0.2, -0.15) is 0 Å². The Hall–Kier alpha value is -1.25. The first-order valence-corrected chi connectivity index (χ1v) is 4.42. The Balaban J connectivity index is 2.04. The first kappa shape index (κ1) is 8.35. The number of hydrogen-bond donors (Lipinski definition) is 0. The zero-order valence-electron chi connectivity index (χ0n) is 7.63. The number of carbonyl (C=O) groups excluding carboxylic acids is 1. The highest BCUT2D eigenvalue weighted by atomic mass is 16.8. The molecule has 3 nitrogen and oxygen atoms in total. The van der Waals surface area contributed by atoms with Crippen molar-refractivity contribution in [3.8, 4) is 0 Å². The van der Waals surface area contributed by atoms with Crippen LogP contribution in [0, 0.1) is 0 Å². The van der Waals surface area contributed by atoms with Crippen molar-refractivity contribution in [3.63, 3.8) is 0 Å². The SMILES string of the molecule is C=C(C)C(=O)OC12CCCC=C1O2. The second-order valence-electron chi connectivity index (χ2n) is 3.49. The molecule has 13 heavy (non-hydrogen) atoms. The molecule has 0 bridgehead atoms. The van der Waals surface area contributed by atoms with Gasteiger partial charge in [-0.15, -0.1) is 0 Å². The third kappa shape index (κ3) is 1.34. The van der Waals surface area contributed by atoms with E-state index in [1.54, 1.807) is 6.92 Å². The summed E-state index contributed by atoms with van der Waals surface area (Å²) in [5.74, 6) is -0.257. The van der Waals surface area contributed by atoms with Gasteiger partial charge < -0.3 is 9.47 Å². The van der Waals surface area contributed by atoms with Crippen LogP contribution in [0.25, 0.3) is 0 Å². The molecule has 70 valence electrons. The first-order valence-electron chi connectivity index (χ1n) is 4.42. The summed E-state index contributed by atoms with van der Waals surface area (Å²) in [5.41, 5.74) is 0.412. The van der Waals surface area contributed by atoms with Crippen molar-refractivity contribution >= 4 is 5.97 Å². The van der Waals surface area contributed by atoms with Crippen molar-refractivity contribution in [2.45, 2.75) is 32.0 Å². The molecule has 1 unspecified atom stereocenters. The van der Waals surface area contributed by atoms with Crippen molar-refractivity contribution in [3.05, 3.63) is 24.0 Å². The highest BCUT2D eigenvalue weighted by molar-refractivity contribution is 5.87. The van der Waals surface area contributed by atoms with Gasteiger partial charge in [0, 0.05) is 12.0 Å². The van der Waals surface area contributed by atoms with E-state index in [-0.39, 0.29) is 5.97 Å². The Kier molecular flexibility index (Phi) is 1.68. The summed E-state index contributed by atoms with van der Waals surface area (Å²) in [4.78, 5) is 11.2. The molecule has 1 fully saturated rings. The predicted molar refractivity (Wildman–Crippen MR) is 46.7 cm³/mol. The number of epoxide rings is 1. The minimum atomic E-state index is -0.700. The summed E-state index contributed by atoms with van der Waals surface area (Å²) in [6, 6.07) is 0. The summed E-state index contributed by atoms with van der Waals surface area (Å²) >= 11 is 0. The van der Waals surface area contributed by atoms with Gasteiger partial charge in [-0.25, -0.2) is 4.79 Å². The molecule has 0 aromatic carbocycles. The van der Waals surface area contributed by atoms with E-state index in [1.165, 1.54) is 0 Å². The Labute approximate surface area is 77.0 Å². The minimum absolute atomic E-state index is 0.370. The Morgan fingerprint density at radius 2 is 2.54 bits per heavy atom. The molecule has 2 rings (SSSR count). The van der Waals surface area contributed by atoms with Gasteiger partial charge in [-0.05, 0) is 25.8 Å². The molecule has 1 heterocycles. The number of allylic oxidation sites excluding steroid dienone is 1. The summed E-state index contributed by atoms with van der Waals surface area (Å²) in [7, 11) is 0. The maximum Gasteiger partial charge on any atom is 0.336 e. The van der Waals surface area contributed by atoms with Crippen molar-refractivity contribution < 1.29 is 14.3 Å². The van der Waals surface area contributed by atoms with Crippen LogP contribution in [-0.2, 0) is 14.3 Å². The van der Waals surface area contributed by atoms with Crippen LogP contribution in [0.4, 0.5) is 0 Å². The fraction of sp³-hybridized carbons (Fsp3) is 0.500. The summed E-state index contributed by atoms with van der Waals surface area (Å²) < 4.78 is 10.4. The zero-order valence-corrected chi connectivity index (χ0v) is 7.63. The highest BCUT2D eigenvalue weighted by Gasteiger charge is 2.57. The van der Waals surface area contributed by atoms with E-state index in [2.05, 4.69) is 6.58 Å². The number of fused-ring (bicyclic) bond motifs is 1. The van der Waals surface area contributed by atoms with Gasteiger partial charge in [0.05, 0.1) is 0 Å². The van der Waals surface area contributed by atoms with Crippen molar-refractivity contribution in [1.29, 1.82) is 0 Å². The lowest BCUT2D eigenvalue weighted by atomic mass is 10.1. The Bertz CT molecular complexity index is 303. The van der Waals surface area contributed by atoms with Crippen LogP contribution in [-0.4, -0.2) is 11.8 Å². The van der Waals surface area contributed by atoms with Gasteiger partial charge in [0.25, 0.3) is 0 Å². The number of hydrogen-bond acceptors (Lipinski definition) is 3. The molecule has 3 heteroatoms. The smallest absolute Gasteiger partial charge is 0.336 e. The predicted octanol–water partition coefficient (Wildman–Crippen LogP) is 1.90. The normalized spacial score (nSPS) is 29.5. The third-order valence-corrected chi connectivity index (χ3v) is 2.25. The third-order valence-electron chi connectivity index (χ3n) is 2.25. The van der Waals surface area contributed by atoms with Crippen LogP contribution in [0.3, 0.4) is 0 Å². The van der Waals surface area contributed by atoms with E-state index in [4.69, 9.17) is 9.47 Å². The van der Waals surface area contributed by atoms with Crippen LogP contribution in [0.1, 0.15) is 26.2 Å². The van der Waals surface area contributed by atoms with Crippen LogP contribution in [0.15, 0.2) is 24.0 Å². The van der Waals surface area contributed by atoms with E-state index >= 15 is 0 Å². The standard InChI is InChI=1S/C10H12O3/c1-7(2)9(11)13-10-6-4-3-5-8(10)12-10/h5H,1,3-4,6H2,2H3. The van der Waals surface area contributed by atoms with Gasteiger partial charge in [-0.3, -0.25) is 0 Å². The molecule has 0 aromatic rings. The summed E-state index contributed by atoms with van der Waals surface area (Å²) in [5, 5.41) is 0. The molecule has 0 N–H and O–H groups in total. The van der Waals surface area contributed by atoms with Crippen LogP contribution in [0.2, 0.25) is 0 Å². The van der Waals surface area contributed by atoms with Crippen LogP contribution >= 0.6 is 0 Å². The summed E-state index contributed by atoms with van der Waals surface area (Å²) in [6.07, 6.45) is 4.78. The topological polar surface area (TPSA) is 38.8 Å². The molecule has 0 aromatic heterocycles. The van der Waals surface area contributed by atoms with Crippen LogP contribution < -0.4 is 0 Å². The highest BCUT2D eigenvalue weighted by Crippen LogP contribution is 2.49. The van der Waals surface area contributed by atoms with Crippen molar-refractivity contribution in [2.24, 2.45) is 0 Å². The quantitative estimate of drug-likeness (QED) is 0.370. The molecule has 2 aliphatic rings. The largest absolute Gasteiger partial charge is 0.442 e. The molecule has 0 amide bonds. The monoisotopic (exact) mass is 180 g/mol. The number of carbonyl (C=O) groups is 1. The van der Waals surface area contributed by atoms with E-state index < -0.39 is 5.79 Å². The van der Waals surface area contributed by atoms with Gasteiger partial charge in [-0.1, -0.05) is 6.58 Å². The second-order valence-corrected chi connectivity index (χ2v) is 3.49. The van der Waals surface area contributed by atoms with E-state index in [0.717, 1.165) is 25.0 Å². The lowest BCUT2D eigenvalue weighted by molar-refractivity contribution is -0.154. The maximum absolute atomic E-state index is 11.2. The lowest BCUT2D eigenvalue weighted by Crippen LogP contribution is -2.22. The maximum atomic E-state index is 11.2. The molecule has 1 aliphatic carbocycles. The first-order chi connectivity index (χ1) is 6.14. The average Bonchev–Trinajstić information content (AvgIpc) is 2.77. The molecule has 1 aliphatic heterocycles. The summed E-state index contributed by atoms with van der Waals surface area (Å²) in [6.45, 7) is 5.15. The van der Waals surface area contributed by atoms with Crippen molar-refractivity contribution in [2.75, 3.05) is 0 Å². The number of esters is 1. The molecule has 1 atom stereocenters. The fourth-order valence-electron chi connectivity index (χ4n) is 1.45. The van der Waals surface area contributed by atoms with Gasteiger partial charge in [0.2, 0.25) is 0 Å². The molecular formula is C10H12O3. The molecule has 1 saturated heterocycles. The molecule has 0 radical (unpaired) electrons. The zero-order chi connectivity index (χ0) is 9.47. The van der Waals surface area contributed by atoms with Gasteiger partial charge >= 0.3 is 11.8 Å². The number of rotatable bonds is 2. The lowest BCUT2D eigenvalue weighted by Gasteiger charge is -2.12. The van der Waals surface area contributed by atoms with Crippen molar-refractivity contribution in [1.82, 2.24) is 0 Å². The van der Waals surface area contributed by atoms with E-state index in [1.807, 2.05) is 6.08 Å². The van der Waals surface area contributed by atoms with E-state index in [9.17, 15) is 4.79 Å². The molecular weight excluding hydrogens is 168 g/mol. The second kappa shape index (κ2) is 2.62. The van der Waals surface area contributed by atoms with Gasteiger partial charge in [0.1, 0.15) is 0 Å². The van der Waals surface area contributed by atoms with Gasteiger partial charge in [0.15, 0.2) is 5.76 Å². The minimum Gasteiger partial charge on any atom is -0.442 e. The number of ether oxygens (including phenoxy) is 2. The Morgan fingerprint density at radius 3 is 3.15 bits per heavy atom. The molecule has 0 spiro atoms. The molecule has 0 saturated carbocycles.